The zero-order valence-corrected chi connectivity index (χ0v) is 12.4. The highest BCUT2D eigenvalue weighted by molar-refractivity contribution is 5.48. The van der Waals surface area contributed by atoms with Gasteiger partial charge in [-0.2, -0.15) is 0 Å². The van der Waals surface area contributed by atoms with E-state index in [1.165, 1.54) is 38.5 Å². The van der Waals surface area contributed by atoms with Crippen LogP contribution >= 0.6 is 0 Å². The molecule has 1 heterocycles. The van der Waals surface area contributed by atoms with Gasteiger partial charge in [0.25, 0.3) is 0 Å². The molecule has 1 aromatic carbocycles. The van der Waals surface area contributed by atoms with Gasteiger partial charge in [-0.1, -0.05) is 18.9 Å². The van der Waals surface area contributed by atoms with Crippen molar-refractivity contribution in [2.45, 2.75) is 57.2 Å². The Morgan fingerprint density at radius 2 is 2.15 bits per heavy atom. The Morgan fingerprint density at radius 3 is 2.95 bits per heavy atom. The second-order valence-electron chi connectivity index (χ2n) is 6.01. The molecule has 1 atom stereocenters. The number of anilines is 1. The minimum Gasteiger partial charge on any atom is -0.494 e. The van der Waals surface area contributed by atoms with Gasteiger partial charge >= 0.3 is 0 Å². The average Bonchev–Trinajstić information content (AvgIpc) is 3.08. The zero-order chi connectivity index (χ0) is 13.8. The number of benzene rings is 1. The first-order valence-corrected chi connectivity index (χ1v) is 7.94. The lowest BCUT2D eigenvalue weighted by Gasteiger charge is -2.24. The van der Waals surface area contributed by atoms with Gasteiger partial charge in [-0.3, -0.25) is 0 Å². The molecule has 2 fully saturated rings. The van der Waals surface area contributed by atoms with E-state index < -0.39 is 0 Å². The second kappa shape index (κ2) is 6.04. The number of ether oxygens (including phenoxy) is 2. The number of nitrogens with one attached hydrogen (secondary N) is 1. The van der Waals surface area contributed by atoms with Crippen molar-refractivity contribution in [3.63, 3.8) is 0 Å². The maximum Gasteiger partial charge on any atom is 0.121 e. The van der Waals surface area contributed by atoms with Crippen molar-refractivity contribution < 1.29 is 9.47 Å². The van der Waals surface area contributed by atoms with E-state index in [1.807, 2.05) is 19.1 Å². The lowest BCUT2D eigenvalue weighted by atomic mass is 9.98. The monoisotopic (exact) mass is 275 g/mol. The molecule has 1 spiro atoms. The predicted octanol–water partition coefficient (Wildman–Crippen LogP) is 3.99. The van der Waals surface area contributed by atoms with Crippen molar-refractivity contribution in [2.75, 3.05) is 18.5 Å². The lowest BCUT2D eigenvalue weighted by molar-refractivity contribution is -0.0307. The normalized spacial score (nSPS) is 24.1. The van der Waals surface area contributed by atoms with Gasteiger partial charge in [0, 0.05) is 18.3 Å². The molecule has 3 nitrogen and oxygen atoms in total. The van der Waals surface area contributed by atoms with E-state index >= 15 is 0 Å². The molecule has 2 aliphatic rings. The Bertz CT molecular complexity index is 440. The molecular weight excluding hydrogens is 250 g/mol. The highest BCUT2D eigenvalue weighted by Crippen LogP contribution is 2.43. The van der Waals surface area contributed by atoms with Crippen LogP contribution in [0.1, 0.15) is 45.4 Å². The molecular formula is C17H25NO2. The van der Waals surface area contributed by atoms with Crippen LogP contribution in [0.3, 0.4) is 0 Å². The SMILES string of the molecule is CCOc1cccc(NCC2CCC3(CCCC3)O2)c1. The first kappa shape index (κ1) is 13.7. The van der Waals surface area contributed by atoms with Crippen molar-refractivity contribution in [1.82, 2.24) is 0 Å². The van der Waals surface area contributed by atoms with E-state index in [9.17, 15) is 0 Å². The van der Waals surface area contributed by atoms with Gasteiger partial charge < -0.3 is 14.8 Å². The van der Waals surface area contributed by atoms with Crippen LogP contribution in [0.5, 0.6) is 5.75 Å². The number of rotatable bonds is 5. The third-order valence-electron chi connectivity index (χ3n) is 4.53. The summed E-state index contributed by atoms with van der Waals surface area (Å²) in [6.07, 6.45) is 8.03. The summed E-state index contributed by atoms with van der Waals surface area (Å²) in [7, 11) is 0. The molecule has 3 rings (SSSR count). The molecule has 0 aromatic heterocycles. The molecule has 1 aromatic rings. The standard InChI is InChI=1S/C17H25NO2/c1-2-19-15-7-5-6-14(12-15)18-13-16-8-11-17(20-16)9-3-4-10-17/h5-7,12,16,18H,2-4,8-11,13H2,1H3. The van der Waals surface area contributed by atoms with Crippen molar-refractivity contribution in [2.24, 2.45) is 0 Å². The van der Waals surface area contributed by atoms with E-state index in [-0.39, 0.29) is 5.60 Å². The van der Waals surface area contributed by atoms with Crippen LogP contribution in [0.15, 0.2) is 24.3 Å². The molecule has 0 bridgehead atoms. The first-order chi connectivity index (χ1) is 9.80. The van der Waals surface area contributed by atoms with E-state index in [0.29, 0.717) is 12.7 Å². The summed E-state index contributed by atoms with van der Waals surface area (Å²) >= 11 is 0. The molecule has 0 amide bonds. The van der Waals surface area contributed by atoms with Crippen LogP contribution < -0.4 is 10.1 Å². The lowest BCUT2D eigenvalue weighted by Crippen LogP contribution is -2.27. The summed E-state index contributed by atoms with van der Waals surface area (Å²) in [5.41, 5.74) is 1.35. The maximum absolute atomic E-state index is 6.32. The Labute approximate surface area is 121 Å². The van der Waals surface area contributed by atoms with Gasteiger partial charge in [-0.05, 0) is 44.7 Å². The minimum absolute atomic E-state index is 0.236. The summed E-state index contributed by atoms with van der Waals surface area (Å²) in [4.78, 5) is 0. The fourth-order valence-electron chi connectivity index (χ4n) is 3.52. The number of hydrogen-bond donors (Lipinski definition) is 1. The van der Waals surface area contributed by atoms with E-state index in [1.54, 1.807) is 0 Å². The van der Waals surface area contributed by atoms with Gasteiger partial charge in [-0.25, -0.2) is 0 Å². The van der Waals surface area contributed by atoms with E-state index in [2.05, 4.69) is 17.4 Å². The third-order valence-corrected chi connectivity index (χ3v) is 4.53. The molecule has 3 heteroatoms. The fourth-order valence-corrected chi connectivity index (χ4v) is 3.52. The van der Waals surface area contributed by atoms with Crippen LogP contribution in [0.4, 0.5) is 5.69 Å². The smallest absolute Gasteiger partial charge is 0.121 e. The third kappa shape index (κ3) is 3.09. The summed E-state index contributed by atoms with van der Waals surface area (Å²) in [6, 6.07) is 8.17. The van der Waals surface area contributed by atoms with Gasteiger partial charge in [0.2, 0.25) is 0 Å². The van der Waals surface area contributed by atoms with Gasteiger partial charge in [-0.15, -0.1) is 0 Å². The number of hydrogen-bond acceptors (Lipinski definition) is 3. The summed E-state index contributed by atoms with van der Waals surface area (Å²) in [6.45, 7) is 3.61. The maximum atomic E-state index is 6.32. The molecule has 110 valence electrons. The molecule has 1 aliphatic heterocycles. The predicted molar refractivity (Wildman–Crippen MR) is 81.4 cm³/mol. The Kier molecular flexibility index (Phi) is 4.16. The average molecular weight is 275 g/mol. The van der Waals surface area contributed by atoms with Crippen molar-refractivity contribution in [3.8, 4) is 5.75 Å². The minimum atomic E-state index is 0.236. The van der Waals surface area contributed by atoms with E-state index in [4.69, 9.17) is 9.47 Å². The Hall–Kier alpha value is -1.22. The molecule has 1 saturated carbocycles. The zero-order valence-electron chi connectivity index (χ0n) is 12.4. The molecule has 0 radical (unpaired) electrons. The fraction of sp³-hybridized carbons (Fsp3) is 0.647. The van der Waals surface area contributed by atoms with Crippen LogP contribution in [0.25, 0.3) is 0 Å². The summed E-state index contributed by atoms with van der Waals surface area (Å²) < 4.78 is 11.8. The van der Waals surface area contributed by atoms with Crippen molar-refractivity contribution in [3.05, 3.63) is 24.3 Å². The largest absolute Gasteiger partial charge is 0.494 e. The second-order valence-corrected chi connectivity index (χ2v) is 6.01. The topological polar surface area (TPSA) is 30.5 Å². The van der Waals surface area contributed by atoms with Gasteiger partial charge in [0.05, 0.1) is 18.3 Å². The van der Waals surface area contributed by atoms with Crippen LogP contribution in [-0.4, -0.2) is 24.9 Å². The van der Waals surface area contributed by atoms with Crippen molar-refractivity contribution >= 4 is 5.69 Å². The molecule has 1 aliphatic carbocycles. The van der Waals surface area contributed by atoms with Crippen LogP contribution in [0, 0.1) is 0 Å². The highest BCUT2D eigenvalue weighted by atomic mass is 16.5. The van der Waals surface area contributed by atoms with Crippen LogP contribution in [-0.2, 0) is 4.74 Å². The molecule has 20 heavy (non-hydrogen) atoms. The molecule has 1 N–H and O–H groups in total. The van der Waals surface area contributed by atoms with E-state index in [0.717, 1.165) is 18.0 Å². The van der Waals surface area contributed by atoms with Gasteiger partial charge in [0.15, 0.2) is 0 Å². The summed E-state index contributed by atoms with van der Waals surface area (Å²) in [5, 5.41) is 3.49. The summed E-state index contributed by atoms with van der Waals surface area (Å²) in [5.74, 6) is 0.928. The quantitative estimate of drug-likeness (QED) is 0.881. The Balaban J connectivity index is 1.51. The van der Waals surface area contributed by atoms with Gasteiger partial charge in [0.1, 0.15) is 5.75 Å². The highest BCUT2D eigenvalue weighted by Gasteiger charge is 2.41. The first-order valence-electron chi connectivity index (χ1n) is 7.94. The molecule has 1 saturated heterocycles. The van der Waals surface area contributed by atoms with Crippen molar-refractivity contribution in [1.29, 1.82) is 0 Å². The molecule has 1 unspecified atom stereocenters. The Morgan fingerprint density at radius 1 is 1.30 bits per heavy atom. The van der Waals surface area contributed by atoms with Crippen LogP contribution in [0.2, 0.25) is 0 Å².